The van der Waals surface area contributed by atoms with Gasteiger partial charge in [-0.15, -0.1) is 4.91 Å². The Morgan fingerprint density at radius 1 is 1.04 bits per heavy atom. The molecule has 0 saturated heterocycles. The van der Waals surface area contributed by atoms with E-state index in [1.165, 1.54) is 23.3 Å². The summed E-state index contributed by atoms with van der Waals surface area (Å²) in [4.78, 5) is 22.2. The van der Waals surface area contributed by atoms with Gasteiger partial charge in [0, 0.05) is 19.5 Å². The minimum atomic E-state index is -1.16. The SMILES string of the molecule is O=Nc1cc2ccc(CNCc3ccc4c(c3)CCO4)cc2cc1C(=O)O. The van der Waals surface area contributed by atoms with E-state index in [9.17, 15) is 14.8 Å². The number of hydrogen-bond acceptors (Lipinski definition) is 5. The number of nitrogens with one attached hydrogen (secondary N) is 1. The van der Waals surface area contributed by atoms with Crippen LogP contribution in [0.15, 0.2) is 53.7 Å². The van der Waals surface area contributed by atoms with E-state index in [4.69, 9.17) is 4.74 Å². The van der Waals surface area contributed by atoms with Crippen LogP contribution in [0.2, 0.25) is 0 Å². The van der Waals surface area contributed by atoms with Gasteiger partial charge in [0.1, 0.15) is 11.4 Å². The molecule has 3 aromatic rings. The highest BCUT2D eigenvalue weighted by Crippen LogP contribution is 2.28. The van der Waals surface area contributed by atoms with Crippen molar-refractivity contribution in [3.63, 3.8) is 0 Å². The van der Waals surface area contributed by atoms with Gasteiger partial charge in [0.15, 0.2) is 0 Å². The summed E-state index contributed by atoms with van der Waals surface area (Å²) < 4.78 is 5.52. The fourth-order valence-electron chi connectivity index (χ4n) is 3.39. The van der Waals surface area contributed by atoms with Crippen molar-refractivity contribution < 1.29 is 14.6 Å². The quantitative estimate of drug-likeness (QED) is 0.643. The number of aromatic carboxylic acids is 1. The number of carbonyl (C=O) groups is 1. The lowest BCUT2D eigenvalue weighted by Gasteiger charge is -2.09. The van der Waals surface area contributed by atoms with E-state index < -0.39 is 5.97 Å². The Kier molecular flexibility index (Phi) is 4.56. The fourth-order valence-corrected chi connectivity index (χ4v) is 3.39. The Morgan fingerprint density at radius 2 is 1.81 bits per heavy atom. The molecule has 0 radical (unpaired) electrons. The second-order valence-corrected chi connectivity index (χ2v) is 6.59. The van der Waals surface area contributed by atoms with E-state index >= 15 is 0 Å². The molecule has 6 nitrogen and oxygen atoms in total. The van der Waals surface area contributed by atoms with Gasteiger partial charge in [0.05, 0.1) is 12.2 Å². The van der Waals surface area contributed by atoms with Gasteiger partial charge in [-0.3, -0.25) is 0 Å². The second kappa shape index (κ2) is 7.17. The van der Waals surface area contributed by atoms with Crippen molar-refractivity contribution in [2.24, 2.45) is 5.18 Å². The third kappa shape index (κ3) is 3.52. The maximum atomic E-state index is 11.3. The van der Waals surface area contributed by atoms with Gasteiger partial charge in [-0.2, -0.15) is 0 Å². The number of carboxylic acids is 1. The first kappa shape index (κ1) is 17.2. The van der Waals surface area contributed by atoms with Crippen molar-refractivity contribution >= 4 is 22.4 Å². The number of benzene rings is 3. The summed E-state index contributed by atoms with van der Waals surface area (Å²) in [5, 5.41) is 17.0. The van der Waals surface area contributed by atoms with E-state index in [-0.39, 0.29) is 11.3 Å². The molecule has 0 amide bonds. The molecule has 1 aliphatic heterocycles. The molecule has 136 valence electrons. The molecule has 4 rings (SSSR count). The average molecular weight is 362 g/mol. The zero-order chi connectivity index (χ0) is 18.8. The fraction of sp³-hybridized carbons (Fsp3) is 0.190. The lowest BCUT2D eigenvalue weighted by molar-refractivity contribution is 0.0698. The van der Waals surface area contributed by atoms with E-state index in [0.717, 1.165) is 41.7 Å². The molecule has 0 saturated carbocycles. The molecular formula is C21H18N2O4. The van der Waals surface area contributed by atoms with E-state index in [0.29, 0.717) is 6.54 Å². The largest absolute Gasteiger partial charge is 0.493 e. The van der Waals surface area contributed by atoms with Crippen molar-refractivity contribution in [2.75, 3.05) is 6.61 Å². The third-order valence-corrected chi connectivity index (χ3v) is 4.76. The normalized spacial score (nSPS) is 12.6. The molecule has 0 aliphatic carbocycles. The Balaban J connectivity index is 1.49. The third-order valence-electron chi connectivity index (χ3n) is 4.76. The summed E-state index contributed by atoms with van der Waals surface area (Å²) in [5.74, 6) is -0.178. The van der Waals surface area contributed by atoms with Crippen LogP contribution in [0.3, 0.4) is 0 Å². The number of hydrogen-bond donors (Lipinski definition) is 2. The first-order chi connectivity index (χ1) is 13.1. The predicted molar refractivity (Wildman–Crippen MR) is 103 cm³/mol. The van der Waals surface area contributed by atoms with Crippen LogP contribution < -0.4 is 10.1 Å². The minimum absolute atomic E-state index is 0.0542. The standard InChI is InChI=1S/C21H18N2O4/c24-21(25)18-9-17-8-13(1-3-15(17)10-19(18)23-26)11-22-12-14-2-4-20-16(7-14)5-6-27-20/h1-4,7-10,22H,5-6,11-12H2,(H,24,25). The van der Waals surface area contributed by atoms with Crippen molar-refractivity contribution in [3.05, 3.63) is 75.7 Å². The molecule has 0 bridgehead atoms. The van der Waals surface area contributed by atoms with Gasteiger partial charge in [-0.25, -0.2) is 4.79 Å². The molecule has 0 fully saturated rings. The van der Waals surface area contributed by atoms with Gasteiger partial charge >= 0.3 is 5.97 Å². The monoisotopic (exact) mass is 362 g/mol. The Bertz CT molecular complexity index is 1050. The highest BCUT2D eigenvalue weighted by molar-refractivity contribution is 6.00. The highest BCUT2D eigenvalue weighted by Gasteiger charge is 2.13. The summed E-state index contributed by atoms with van der Waals surface area (Å²) in [5.41, 5.74) is 3.36. The summed E-state index contributed by atoms with van der Waals surface area (Å²) >= 11 is 0. The Hall–Kier alpha value is -3.25. The van der Waals surface area contributed by atoms with Crippen LogP contribution in [0.4, 0.5) is 5.69 Å². The van der Waals surface area contributed by atoms with Crippen molar-refractivity contribution in [3.8, 4) is 5.75 Å². The molecule has 0 aromatic heterocycles. The zero-order valence-electron chi connectivity index (χ0n) is 14.6. The van der Waals surface area contributed by atoms with E-state index in [1.807, 2.05) is 24.3 Å². The maximum Gasteiger partial charge on any atom is 0.338 e. The molecule has 0 spiro atoms. The molecule has 1 heterocycles. The second-order valence-electron chi connectivity index (χ2n) is 6.59. The van der Waals surface area contributed by atoms with Gasteiger partial charge in [0.2, 0.25) is 0 Å². The maximum absolute atomic E-state index is 11.3. The summed E-state index contributed by atoms with van der Waals surface area (Å²) in [6.45, 7) is 2.14. The number of ether oxygens (including phenoxy) is 1. The molecule has 2 N–H and O–H groups in total. The van der Waals surface area contributed by atoms with Crippen LogP contribution >= 0.6 is 0 Å². The molecule has 1 aliphatic rings. The van der Waals surface area contributed by atoms with Gasteiger partial charge < -0.3 is 15.2 Å². The number of carboxylic acid groups (broad SMARTS) is 1. The Labute approximate surface area is 155 Å². The predicted octanol–water partition coefficient (Wildman–Crippen LogP) is 4.16. The van der Waals surface area contributed by atoms with Crippen molar-refractivity contribution in [1.82, 2.24) is 5.32 Å². The van der Waals surface area contributed by atoms with Gasteiger partial charge in [-0.05, 0) is 56.9 Å². The number of nitrogens with zero attached hydrogens (tertiary/aromatic N) is 1. The van der Waals surface area contributed by atoms with E-state index in [2.05, 4.69) is 22.6 Å². The van der Waals surface area contributed by atoms with E-state index in [1.54, 1.807) is 0 Å². The highest BCUT2D eigenvalue weighted by atomic mass is 16.5. The van der Waals surface area contributed by atoms with Crippen LogP contribution in [0.1, 0.15) is 27.0 Å². The average Bonchev–Trinajstić information content (AvgIpc) is 3.14. The van der Waals surface area contributed by atoms with Crippen LogP contribution in [0.5, 0.6) is 5.75 Å². The van der Waals surface area contributed by atoms with Crippen LogP contribution in [0, 0.1) is 4.91 Å². The lowest BCUT2D eigenvalue weighted by Crippen LogP contribution is -2.12. The number of fused-ring (bicyclic) bond motifs is 2. The molecule has 6 heteroatoms. The lowest BCUT2D eigenvalue weighted by atomic mass is 10.0. The number of nitroso groups, excluding NO2 is 1. The smallest absolute Gasteiger partial charge is 0.338 e. The molecule has 0 unspecified atom stereocenters. The van der Waals surface area contributed by atoms with Crippen LogP contribution in [-0.2, 0) is 19.5 Å². The molecule has 0 atom stereocenters. The zero-order valence-corrected chi connectivity index (χ0v) is 14.6. The molecular weight excluding hydrogens is 344 g/mol. The number of rotatable bonds is 6. The van der Waals surface area contributed by atoms with Crippen LogP contribution in [-0.4, -0.2) is 17.7 Å². The van der Waals surface area contributed by atoms with Crippen LogP contribution in [0.25, 0.3) is 10.8 Å². The summed E-state index contributed by atoms with van der Waals surface area (Å²) in [6, 6.07) is 15.0. The summed E-state index contributed by atoms with van der Waals surface area (Å²) in [7, 11) is 0. The van der Waals surface area contributed by atoms with Gasteiger partial charge in [-0.1, -0.05) is 24.3 Å². The van der Waals surface area contributed by atoms with Crippen molar-refractivity contribution in [2.45, 2.75) is 19.5 Å². The first-order valence-corrected chi connectivity index (χ1v) is 8.73. The first-order valence-electron chi connectivity index (χ1n) is 8.73. The molecule has 3 aromatic carbocycles. The van der Waals surface area contributed by atoms with Crippen molar-refractivity contribution in [1.29, 1.82) is 0 Å². The topological polar surface area (TPSA) is 88.0 Å². The Morgan fingerprint density at radius 3 is 2.59 bits per heavy atom. The molecule has 27 heavy (non-hydrogen) atoms. The van der Waals surface area contributed by atoms with Gasteiger partial charge in [0.25, 0.3) is 0 Å². The summed E-state index contributed by atoms with van der Waals surface area (Å²) in [6.07, 6.45) is 0.956. The minimum Gasteiger partial charge on any atom is -0.493 e.